The molecular weight excluding hydrogens is 218 g/mol. The quantitative estimate of drug-likeness (QED) is 0.874. The number of carboxylic acid groups (broad SMARTS) is 1. The second kappa shape index (κ2) is 4.99. The second-order valence-corrected chi connectivity index (χ2v) is 4.75. The van der Waals surface area contributed by atoms with Gasteiger partial charge in [-0.15, -0.1) is 0 Å². The van der Waals surface area contributed by atoms with Gasteiger partial charge in [-0.25, -0.2) is 4.79 Å². The van der Waals surface area contributed by atoms with Crippen LogP contribution in [0.2, 0.25) is 0 Å². The number of hydrogen-bond donors (Lipinski definition) is 1. The Morgan fingerprint density at radius 1 is 1.29 bits per heavy atom. The molecule has 17 heavy (non-hydrogen) atoms. The summed E-state index contributed by atoms with van der Waals surface area (Å²) in [6, 6.07) is 7.89. The van der Waals surface area contributed by atoms with Gasteiger partial charge in [0.15, 0.2) is 0 Å². The van der Waals surface area contributed by atoms with E-state index in [0.29, 0.717) is 5.56 Å². The van der Waals surface area contributed by atoms with Crippen molar-refractivity contribution in [1.29, 1.82) is 0 Å². The van der Waals surface area contributed by atoms with Crippen molar-refractivity contribution in [1.82, 2.24) is 4.90 Å². The van der Waals surface area contributed by atoms with Crippen molar-refractivity contribution in [2.45, 2.75) is 32.4 Å². The normalized spacial score (nSPS) is 12.9. The Kier molecular flexibility index (Phi) is 3.89. The zero-order valence-electron chi connectivity index (χ0n) is 10.2. The summed E-state index contributed by atoms with van der Waals surface area (Å²) in [6.07, 6.45) is 0.672. The third-order valence-corrected chi connectivity index (χ3v) is 2.41. The van der Waals surface area contributed by atoms with Crippen LogP contribution in [-0.4, -0.2) is 27.9 Å². The average molecular weight is 234 g/mol. The Bertz CT molecular complexity index is 395. The van der Waals surface area contributed by atoms with Gasteiger partial charge in [0.25, 0.3) is 0 Å². The molecule has 1 aromatic carbocycles. The topological polar surface area (TPSA) is 57.6 Å². The number of amides is 1. The van der Waals surface area contributed by atoms with Gasteiger partial charge in [0, 0.05) is 5.54 Å². The van der Waals surface area contributed by atoms with Crippen molar-refractivity contribution in [3.8, 4) is 0 Å². The summed E-state index contributed by atoms with van der Waals surface area (Å²) in [5, 5.41) is 9.22. The van der Waals surface area contributed by atoms with Crippen molar-refractivity contribution < 1.29 is 14.7 Å². The van der Waals surface area contributed by atoms with E-state index >= 15 is 0 Å². The monoisotopic (exact) mass is 234 g/mol. The second-order valence-electron chi connectivity index (χ2n) is 4.75. The van der Waals surface area contributed by atoms with E-state index in [1.807, 2.05) is 6.07 Å². The average Bonchev–Trinajstić information content (AvgIpc) is 2.24. The zero-order chi connectivity index (χ0) is 13.1. The standard InChI is InChI=1S/C13H16NO3/c1-13(2,3)14(12(16)17)11(9-15)10-7-5-4-6-8-10/h4-8,11H,1-3H3,(H,16,17). The number of carbonyl (C=O) groups excluding carboxylic acids is 1. The summed E-state index contributed by atoms with van der Waals surface area (Å²) < 4.78 is 0. The molecule has 1 rings (SSSR count). The van der Waals surface area contributed by atoms with Crippen LogP contribution in [0.15, 0.2) is 30.3 Å². The van der Waals surface area contributed by atoms with Crippen LogP contribution in [-0.2, 0) is 4.79 Å². The molecule has 1 N–H and O–H groups in total. The van der Waals surface area contributed by atoms with Crippen LogP contribution in [0.25, 0.3) is 0 Å². The molecule has 0 aliphatic rings. The Morgan fingerprint density at radius 2 is 1.82 bits per heavy atom. The van der Waals surface area contributed by atoms with Crippen LogP contribution in [0, 0.1) is 0 Å². The number of carbonyl (C=O) groups is 1. The molecule has 0 spiro atoms. The number of hydrogen-bond acceptors (Lipinski definition) is 2. The van der Waals surface area contributed by atoms with Gasteiger partial charge in [-0.3, -0.25) is 9.69 Å². The summed E-state index contributed by atoms with van der Waals surface area (Å²) in [5.41, 5.74) is -0.0381. The fourth-order valence-corrected chi connectivity index (χ4v) is 1.69. The van der Waals surface area contributed by atoms with E-state index in [-0.39, 0.29) is 0 Å². The number of nitrogens with zero attached hydrogens (tertiary/aromatic N) is 1. The highest BCUT2D eigenvalue weighted by Crippen LogP contribution is 2.26. The first-order valence-corrected chi connectivity index (χ1v) is 5.33. The highest BCUT2D eigenvalue weighted by molar-refractivity contribution is 5.74. The van der Waals surface area contributed by atoms with Crippen LogP contribution in [0.5, 0.6) is 0 Å². The third-order valence-electron chi connectivity index (χ3n) is 2.41. The first-order chi connectivity index (χ1) is 7.88. The third kappa shape index (κ3) is 3.06. The zero-order valence-corrected chi connectivity index (χ0v) is 10.2. The van der Waals surface area contributed by atoms with Gasteiger partial charge >= 0.3 is 6.09 Å². The lowest BCUT2D eigenvalue weighted by atomic mass is 9.99. The highest BCUT2D eigenvalue weighted by Gasteiger charge is 2.34. The lowest BCUT2D eigenvalue weighted by Gasteiger charge is -2.36. The summed E-state index contributed by atoms with van der Waals surface area (Å²) in [4.78, 5) is 23.4. The maximum Gasteiger partial charge on any atom is 0.408 e. The van der Waals surface area contributed by atoms with Gasteiger partial charge in [-0.05, 0) is 26.3 Å². The van der Waals surface area contributed by atoms with Crippen molar-refractivity contribution >= 4 is 12.4 Å². The van der Waals surface area contributed by atoms with Gasteiger partial charge < -0.3 is 5.11 Å². The van der Waals surface area contributed by atoms with Crippen LogP contribution in [0.3, 0.4) is 0 Å². The van der Waals surface area contributed by atoms with Gasteiger partial charge in [-0.1, -0.05) is 30.3 Å². The fraction of sp³-hybridized carbons (Fsp3) is 0.385. The van der Waals surface area contributed by atoms with Gasteiger partial charge in [-0.2, -0.15) is 0 Å². The molecule has 0 aliphatic heterocycles. The van der Waals surface area contributed by atoms with Crippen LogP contribution < -0.4 is 0 Å². The van der Waals surface area contributed by atoms with E-state index in [1.54, 1.807) is 51.3 Å². The van der Waals surface area contributed by atoms with E-state index in [4.69, 9.17) is 0 Å². The minimum Gasteiger partial charge on any atom is -0.465 e. The number of benzene rings is 1. The molecule has 1 atom stereocenters. The summed E-state index contributed by atoms with van der Waals surface area (Å²) in [5.74, 6) is 0. The van der Waals surface area contributed by atoms with Crippen molar-refractivity contribution in [2.24, 2.45) is 0 Å². The van der Waals surface area contributed by atoms with Crippen molar-refractivity contribution in [2.75, 3.05) is 0 Å². The highest BCUT2D eigenvalue weighted by atomic mass is 16.4. The Balaban J connectivity index is 3.16. The van der Waals surface area contributed by atoms with Gasteiger partial charge in [0.05, 0.1) is 0 Å². The van der Waals surface area contributed by atoms with Crippen molar-refractivity contribution in [3.63, 3.8) is 0 Å². The maximum absolute atomic E-state index is 11.3. The molecule has 4 nitrogen and oxygen atoms in total. The number of rotatable bonds is 3. The molecule has 1 radical (unpaired) electrons. The van der Waals surface area contributed by atoms with Crippen molar-refractivity contribution in [3.05, 3.63) is 35.9 Å². The molecule has 91 valence electrons. The molecule has 4 heteroatoms. The first kappa shape index (κ1) is 13.2. The molecule has 1 unspecified atom stereocenters. The first-order valence-electron chi connectivity index (χ1n) is 5.33. The minimum atomic E-state index is -1.13. The minimum absolute atomic E-state index is 0.625. The predicted octanol–water partition coefficient (Wildman–Crippen LogP) is 2.62. The molecule has 1 amide bonds. The molecule has 0 saturated heterocycles. The molecule has 0 saturated carbocycles. The van der Waals surface area contributed by atoms with Gasteiger partial charge in [0.1, 0.15) is 6.04 Å². The molecule has 0 aliphatic carbocycles. The van der Waals surface area contributed by atoms with E-state index in [1.165, 1.54) is 0 Å². The largest absolute Gasteiger partial charge is 0.465 e. The molecule has 1 aromatic rings. The summed E-state index contributed by atoms with van der Waals surface area (Å²) >= 11 is 0. The molecule has 0 fully saturated rings. The van der Waals surface area contributed by atoms with Crippen LogP contribution >= 0.6 is 0 Å². The smallest absolute Gasteiger partial charge is 0.408 e. The summed E-state index contributed by atoms with van der Waals surface area (Å²) in [7, 11) is 0. The fourth-order valence-electron chi connectivity index (χ4n) is 1.69. The molecule has 0 bridgehead atoms. The Morgan fingerprint density at radius 3 is 2.18 bits per heavy atom. The molecule has 0 heterocycles. The van der Waals surface area contributed by atoms with Gasteiger partial charge in [0.2, 0.25) is 6.29 Å². The van der Waals surface area contributed by atoms with Crippen LogP contribution in [0.1, 0.15) is 32.4 Å². The van der Waals surface area contributed by atoms with E-state index in [2.05, 4.69) is 0 Å². The van der Waals surface area contributed by atoms with E-state index in [0.717, 1.165) is 4.90 Å². The lowest BCUT2D eigenvalue weighted by Crippen LogP contribution is -2.47. The molecule has 0 aromatic heterocycles. The SMILES string of the molecule is CC(C)(C)N(C(=O)O)C([C]=O)c1ccccc1. The summed E-state index contributed by atoms with van der Waals surface area (Å²) in [6.45, 7) is 5.23. The lowest BCUT2D eigenvalue weighted by molar-refractivity contribution is 0.0869. The Labute approximate surface area is 101 Å². The van der Waals surface area contributed by atoms with E-state index in [9.17, 15) is 14.7 Å². The van der Waals surface area contributed by atoms with Crippen LogP contribution in [0.4, 0.5) is 4.79 Å². The Hall–Kier alpha value is -1.84. The maximum atomic E-state index is 11.3. The molecular formula is C13H16NO3. The van der Waals surface area contributed by atoms with E-state index < -0.39 is 17.7 Å². The predicted molar refractivity (Wildman–Crippen MR) is 64.5 cm³/mol.